The molecule has 0 bridgehead atoms. The van der Waals surface area contributed by atoms with Crippen LogP contribution in [0.3, 0.4) is 0 Å². The first-order valence-electron chi connectivity index (χ1n) is 7.56. The zero-order valence-corrected chi connectivity index (χ0v) is 13.0. The number of rotatable bonds is 5. The van der Waals surface area contributed by atoms with E-state index in [1.165, 1.54) is 0 Å². The molecule has 0 unspecified atom stereocenters. The average molecular weight is 345 g/mol. The lowest BCUT2D eigenvalue weighted by Crippen LogP contribution is -2.31. The fourth-order valence-corrected chi connectivity index (χ4v) is 2.58. The van der Waals surface area contributed by atoms with E-state index in [9.17, 15) is 23.2 Å². The van der Waals surface area contributed by atoms with Gasteiger partial charge in [-0.3, -0.25) is 14.5 Å². The highest BCUT2D eigenvalue weighted by Gasteiger charge is 2.34. The normalized spacial score (nSPS) is 13.1. The van der Waals surface area contributed by atoms with Crippen molar-refractivity contribution in [2.24, 2.45) is 0 Å². The van der Waals surface area contributed by atoms with Gasteiger partial charge < -0.3 is 4.74 Å². The first-order valence-corrected chi connectivity index (χ1v) is 7.56. The lowest BCUT2D eigenvalue weighted by atomic mass is 10.1. The molecule has 0 atom stereocenters. The molecular formula is C18H13F2NO4. The van der Waals surface area contributed by atoms with Crippen LogP contribution < -0.4 is 0 Å². The summed E-state index contributed by atoms with van der Waals surface area (Å²) in [6.07, 6.45) is 0.217. The molecule has 0 radical (unpaired) electrons. The minimum Gasteiger partial charge on any atom is -0.462 e. The van der Waals surface area contributed by atoms with Gasteiger partial charge in [-0.2, -0.15) is 0 Å². The van der Waals surface area contributed by atoms with Crippen molar-refractivity contribution in [1.29, 1.82) is 0 Å². The Morgan fingerprint density at radius 1 is 0.960 bits per heavy atom. The maximum Gasteiger partial charge on any atom is 0.338 e. The zero-order valence-electron chi connectivity index (χ0n) is 13.0. The number of imide groups is 1. The van der Waals surface area contributed by atoms with Gasteiger partial charge in [-0.1, -0.05) is 12.1 Å². The molecule has 7 heteroatoms. The van der Waals surface area contributed by atoms with Gasteiger partial charge in [0.15, 0.2) is 0 Å². The largest absolute Gasteiger partial charge is 0.462 e. The van der Waals surface area contributed by atoms with Crippen molar-refractivity contribution in [2.45, 2.75) is 6.42 Å². The number of hydrogen-bond acceptors (Lipinski definition) is 4. The predicted octanol–water partition coefficient (Wildman–Crippen LogP) is 2.81. The summed E-state index contributed by atoms with van der Waals surface area (Å²) in [5.41, 5.74) is 0.456. The van der Waals surface area contributed by atoms with Crippen LogP contribution in [0.2, 0.25) is 0 Å². The van der Waals surface area contributed by atoms with Gasteiger partial charge in [0, 0.05) is 12.6 Å². The van der Waals surface area contributed by atoms with Gasteiger partial charge in [0.05, 0.1) is 23.3 Å². The molecule has 0 fully saturated rings. The molecule has 3 rings (SSSR count). The summed E-state index contributed by atoms with van der Waals surface area (Å²) in [5.74, 6) is -3.41. The number of carbonyl (C=O) groups excluding carboxylic acids is 3. The fraction of sp³-hybridized carbons (Fsp3) is 0.167. The third-order valence-electron chi connectivity index (χ3n) is 3.74. The summed E-state index contributed by atoms with van der Waals surface area (Å²) < 4.78 is 31.1. The van der Waals surface area contributed by atoms with Crippen molar-refractivity contribution in [2.75, 3.05) is 13.2 Å². The Bertz CT molecular complexity index is 811. The number of halogens is 2. The van der Waals surface area contributed by atoms with Crippen LogP contribution in [0, 0.1) is 11.6 Å². The van der Waals surface area contributed by atoms with Crippen LogP contribution in [-0.2, 0) is 4.74 Å². The third-order valence-corrected chi connectivity index (χ3v) is 3.74. The van der Waals surface area contributed by atoms with Gasteiger partial charge in [-0.05, 0) is 30.7 Å². The number of ether oxygens (including phenoxy) is 1. The molecule has 1 aliphatic heterocycles. The molecule has 2 aromatic rings. The minimum absolute atomic E-state index is 0.0805. The Hall–Kier alpha value is -3.09. The Labute approximate surface area is 141 Å². The Kier molecular flexibility index (Phi) is 4.56. The molecule has 25 heavy (non-hydrogen) atoms. The fourth-order valence-electron chi connectivity index (χ4n) is 2.58. The first kappa shape index (κ1) is 16.8. The SMILES string of the molecule is O=C(OCCCN1C(=O)c2ccccc2C1=O)c1cc(F)cc(F)c1. The van der Waals surface area contributed by atoms with Gasteiger partial charge in [-0.25, -0.2) is 13.6 Å². The van der Waals surface area contributed by atoms with Gasteiger partial charge in [-0.15, -0.1) is 0 Å². The van der Waals surface area contributed by atoms with Crippen LogP contribution in [0.25, 0.3) is 0 Å². The van der Waals surface area contributed by atoms with E-state index in [1.54, 1.807) is 24.3 Å². The molecule has 1 aliphatic rings. The van der Waals surface area contributed by atoms with Crippen molar-refractivity contribution in [3.63, 3.8) is 0 Å². The number of fused-ring (bicyclic) bond motifs is 1. The smallest absolute Gasteiger partial charge is 0.338 e. The number of amides is 2. The van der Waals surface area contributed by atoms with E-state index in [1.807, 2.05) is 0 Å². The summed E-state index contributed by atoms with van der Waals surface area (Å²) in [7, 11) is 0. The molecule has 1 heterocycles. The Balaban J connectivity index is 1.53. The highest BCUT2D eigenvalue weighted by molar-refractivity contribution is 6.21. The summed E-state index contributed by atoms with van der Waals surface area (Å²) in [6.45, 7) is -0.0124. The van der Waals surface area contributed by atoms with E-state index in [2.05, 4.69) is 0 Å². The Morgan fingerprint density at radius 3 is 2.08 bits per heavy atom. The second-order valence-electron chi connectivity index (χ2n) is 5.46. The van der Waals surface area contributed by atoms with Crippen LogP contribution in [0.4, 0.5) is 8.78 Å². The van der Waals surface area contributed by atoms with E-state index in [-0.39, 0.29) is 37.0 Å². The molecule has 0 saturated heterocycles. The van der Waals surface area contributed by atoms with Crippen molar-refractivity contribution in [3.05, 3.63) is 70.8 Å². The molecule has 0 aliphatic carbocycles. The molecule has 0 saturated carbocycles. The van der Waals surface area contributed by atoms with Crippen molar-refractivity contribution in [3.8, 4) is 0 Å². The van der Waals surface area contributed by atoms with Gasteiger partial charge >= 0.3 is 5.97 Å². The van der Waals surface area contributed by atoms with Gasteiger partial charge in [0.25, 0.3) is 11.8 Å². The molecule has 2 aromatic carbocycles. The monoisotopic (exact) mass is 345 g/mol. The van der Waals surface area contributed by atoms with E-state index in [4.69, 9.17) is 4.74 Å². The van der Waals surface area contributed by atoms with E-state index < -0.39 is 17.6 Å². The lowest BCUT2D eigenvalue weighted by Gasteiger charge is -2.13. The second kappa shape index (κ2) is 6.80. The van der Waals surface area contributed by atoms with Crippen molar-refractivity contribution >= 4 is 17.8 Å². The summed E-state index contributed by atoms with van der Waals surface area (Å²) in [4.78, 5) is 37.1. The summed E-state index contributed by atoms with van der Waals surface area (Å²) in [5, 5.41) is 0. The minimum atomic E-state index is -0.877. The van der Waals surface area contributed by atoms with Crippen LogP contribution in [0.5, 0.6) is 0 Å². The molecule has 0 aromatic heterocycles. The van der Waals surface area contributed by atoms with Gasteiger partial charge in [0.2, 0.25) is 0 Å². The average Bonchev–Trinajstić information content (AvgIpc) is 2.82. The molecule has 2 amide bonds. The van der Waals surface area contributed by atoms with Crippen LogP contribution >= 0.6 is 0 Å². The van der Waals surface area contributed by atoms with Crippen molar-refractivity contribution < 1.29 is 27.9 Å². The molecule has 0 spiro atoms. The lowest BCUT2D eigenvalue weighted by molar-refractivity contribution is 0.0481. The summed E-state index contributed by atoms with van der Waals surface area (Å²) >= 11 is 0. The molecule has 0 N–H and O–H groups in total. The van der Waals surface area contributed by atoms with E-state index in [0.29, 0.717) is 17.2 Å². The van der Waals surface area contributed by atoms with E-state index >= 15 is 0 Å². The molecular weight excluding hydrogens is 332 g/mol. The maximum atomic E-state index is 13.1. The number of esters is 1. The van der Waals surface area contributed by atoms with Crippen LogP contribution in [-0.4, -0.2) is 35.8 Å². The second-order valence-corrected chi connectivity index (χ2v) is 5.46. The standard InChI is InChI=1S/C18H13F2NO4/c19-12-8-11(9-13(20)10-12)18(24)25-7-3-6-21-16(22)14-4-1-2-5-15(14)17(21)23/h1-2,4-5,8-10H,3,6-7H2. The predicted molar refractivity (Wildman–Crippen MR) is 83.1 cm³/mol. The topological polar surface area (TPSA) is 63.7 Å². The highest BCUT2D eigenvalue weighted by atomic mass is 19.1. The third kappa shape index (κ3) is 3.40. The number of hydrogen-bond donors (Lipinski definition) is 0. The maximum absolute atomic E-state index is 13.1. The van der Waals surface area contributed by atoms with Crippen LogP contribution in [0.1, 0.15) is 37.5 Å². The zero-order chi connectivity index (χ0) is 18.0. The first-order chi connectivity index (χ1) is 12.0. The van der Waals surface area contributed by atoms with E-state index in [0.717, 1.165) is 17.0 Å². The van der Waals surface area contributed by atoms with Crippen LogP contribution in [0.15, 0.2) is 42.5 Å². The Morgan fingerprint density at radius 2 is 1.52 bits per heavy atom. The quantitative estimate of drug-likeness (QED) is 0.475. The van der Waals surface area contributed by atoms with Crippen molar-refractivity contribution in [1.82, 2.24) is 4.90 Å². The number of carbonyl (C=O) groups is 3. The molecule has 5 nitrogen and oxygen atoms in total. The molecule has 128 valence electrons. The summed E-state index contributed by atoms with van der Waals surface area (Å²) in [6, 6.07) is 8.90. The number of nitrogens with zero attached hydrogens (tertiary/aromatic N) is 1. The number of benzene rings is 2. The van der Waals surface area contributed by atoms with Gasteiger partial charge in [0.1, 0.15) is 11.6 Å². The highest BCUT2D eigenvalue weighted by Crippen LogP contribution is 2.22.